The van der Waals surface area contributed by atoms with Gasteiger partial charge in [0.2, 0.25) is 0 Å². The van der Waals surface area contributed by atoms with Crippen molar-refractivity contribution in [2.45, 2.75) is 20.3 Å². The zero-order valence-electron chi connectivity index (χ0n) is 12.8. The molecule has 2 rings (SSSR count). The van der Waals surface area contributed by atoms with Gasteiger partial charge in [-0.05, 0) is 18.6 Å². The molecule has 0 aromatic carbocycles. The molecule has 0 spiro atoms. The average molecular weight is 320 g/mol. The Hall–Kier alpha value is -2.02. The highest BCUT2D eigenvalue weighted by atomic mass is 32.2. The van der Waals surface area contributed by atoms with Crippen LogP contribution in [0.2, 0.25) is 0 Å². The molecule has 0 bridgehead atoms. The summed E-state index contributed by atoms with van der Waals surface area (Å²) < 4.78 is 23.0. The van der Waals surface area contributed by atoms with Gasteiger partial charge in [0.15, 0.2) is 15.7 Å². The molecular weight excluding hydrogens is 300 g/mol. The molecule has 2 aromatic heterocycles. The van der Waals surface area contributed by atoms with E-state index in [-0.39, 0.29) is 11.5 Å². The quantitative estimate of drug-likeness (QED) is 0.839. The number of aromatic nitrogens is 3. The lowest BCUT2D eigenvalue weighted by atomic mass is 10.3. The lowest BCUT2D eigenvalue weighted by Crippen LogP contribution is -2.18. The molecule has 0 aliphatic heterocycles. The van der Waals surface area contributed by atoms with Crippen molar-refractivity contribution in [3.05, 3.63) is 36.2 Å². The van der Waals surface area contributed by atoms with Crippen molar-refractivity contribution >= 4 is 15.7 Å². The summed E-state index contributed by atoms with van der Waals surface area (Å²) in [5.74, 6) is 1.41. The SMILES string of the molecule is CCc1cc(NCCS(=O)(=O)CC)nc(-c2ccccn2)n1. The molecule has 0 saturated carbocycles. The van der Waals surface area contributed by atoms with Crippen LogP contribution in [0.1, 0.15) is 19.5 Å². The van der Waals surface area contributed by atoms with Crippen molar-refractivity contribution in [3.8, 4) is 11.5 Å². The molecule has 7 heteroatoms. The van der Waals surface area contributed by atoms with Crippen molar-refractivity contribution in [3.63, 3.8) is 0 Å². The van der Waals surface area contributed by atoms with Crippen molar-refractivity contribution in [1.29, 1.82) is 0 Å². The summed E-state index contributed by atoms with van der Waals surface area (Å²) in [6.07, 6.45) is 2.46. The third-order valence-electron chi connectivity index (χ3n) is 3.19. The van der Waals surface area contributed by atoms with Crippen LogP contribution >= 0.6 is 0 Å². The zero-order chi connectivity index (χ0) is 16.0. The van der Waals surface area contributed by atoms with E-state index in [4.69, 9.17) is 0 Å². The van der Waals surface area contributed by atoms with Crippen molar-refractivity contribution in [2.75, 3.05) is 23.4 Å². The Morgan fingerprint density at radius 2 is 2.00 bits per heavy atom. The zero-order valence-corrected chi connectivity index (χ0v) is 13.6. The van der Waals surface area contributed by atoms with Crippen LogP contribution in [0, 0.1) is 0 Å². The summed E-state index contributed by atoms with van der Waals surface area (Å²) in [6.45, 7) is 3.99. The monoisotopic (exact) mass is 320 g/mol. The van der Waals surface area contributed by atoms with Crippen molar-refractivity contribution in [1.82, 2.24) is 15.0 Å². The lowest BCUT2D eigenvalue weighted by molar-refractivity contribution is 0.597. The predicted molar refractivity (Wildman–Crippen MR) is 87.5 cm³/mol. The normalized spacial score (nSPS) is 11.4. The smallest absolute Gasteiger partial charge is 0.180 e. The molecule has 2 aromatic rings. The lowest BCUT2D eigenvalue weighted by Gasteiger charge is -2.09. The van der Waals surface area contributed by atoms with Gasteiger partial charge < -0.3 is 5.32 Å². The van der Waals surface area contributed by atoms with Crippen LogP contribution in [0.5, 0.6) is 0 Å². The largest absolute Gasteiger partial charge is 0.369 e. The summed E-state index contributed by atoms with van der Waals surface area (Å²) in [5.41, 5.74) is 1.58. The Balaban J connectivity index is 2.18. The Kier molecular flexibility index (Phi) is 5.43. The van der Waals surface area contributed by atoms with Gasteiger partial charge in [0.05, 0.1) is 5.75 Å². The van der Waals surface area contributed by atoms with Crippen LogP contribution in [-0.4, -0.2) is 41.4 Å². The van der Waals surface area contributed by atoms with Gasteiger partial charge in [-0.1, -0.05) is 19.9 Å². The summed E-state index contributed by atoms with van der Waals surface area (Å²) in [4.78, 5) is 13.1. The molecule has 22 heavy (non-hydrogen) atoms. The third-order valence-corrected chi connectivity index (χ3v) is 4.90. The molecule has 0 aliphatic carbocycles. The van der Waals surface area contributed by atoms with E-state index in [9.17, 15) is 8.42 Å². The maximum absolute atomic E-state index is 11.5. The molecule has 0 fully saturated rings. The maximum Gasteiger partial charge on any atom is 0.180 e. The minimum atomic E-state index is -2.99. The second kappa shape index (κ2) is 7.31. The molecule has 2 heterocycles. The molecule has 0 amide bonds. The molecule has 0 unspecified atom stereocenters. The van der Waals surface area contributed by atoms with E-state index < -0.39 is 9.84 Å². The highest BCUT2D eigenvalue weighted by Crippen LogP contribution is 2.16. The second-order valence-electron chi connectivity index (χ2n) is 4.80. The van der Waals surface area contributed by atoms with Gasteiger partial charge in [0.25, 0.3) is 0 Å². The van der Waals surface area contributed by atoms with Gasteiger partial charge in [-0.3, -0.25) is 4.98 Å². The fraction of sp³-hybridized carbons (Fsp3) is 0.400. The van der Waals surface area contributed by atoms with Gasteiger partial charge >= 0.3 is 0 Å². The van der Waals surface area contributed by atoms with E-state index in [2.05, 4.69) is 20.3 Å². The van der Waals surface area contributed by atoms with E-state index in [1.54, 1.807) is 13.1 Å². The fourth-order valence-corrected chi connectivity index (χ4v) is 2.56. The van der Waals surface area contributed by atoms with E-state index >= 15 is 0 Å². The summed E-state index contributed by atoms with van der Waals surface area (Å²) in [5, 5.41) is 3.06. The summed E-state index contributed by atoms with van der Waals surface area (Å²) in [7, 11) is -2.99. The Labute approximate surface area is 131 Å². The van der Waals surface area contributed by atoms with Crippen LogP contribution in [0.3, 0.4) is 0 Å². The Morgan fingerprint density at radius 3 is 2.64 bits per heavy atom. The first kappa shape index (κ1) is 16.4. The third kappa shape index (κ3) is 4.49. The standard InChI is InChI=1S/C15H20N4O2S/c1-3-12-11-14(17-9-10-22(20,21)4-2)19-15(18-12)13-7-5-6-8-16-13/h5-8,11H,3-4,9-10H2,1-2H3,(H,17,18,19). The van der Waals surface area contributed by atoms with Crippen LogP contribution in [0.25, 0.3) is 11.5 Å². The van der Waals surface area contributed by atoms with Gasteiger partial charge in [-0.2, -0.15) is 0 Å². The molecule has 1 N–H and O–H groups in total. The minimum Gasteiger partial charge on any atom is -0.369 e. The van der Waals surface area contributed by atoms with Gasteiger partial charge in [-0.15, -0.1) is 0 Å². The van der Waals surface area contributed by atoms with Crippen LogP contribution in [0.4, 0.5) is 5.82 Å². The number of anilines is 1. The molecule has 6 nitrogen and oxygen atoms in total. The first-order chi connectivity index (χ1) is 10.5. The second-order valence-corrected chi connectivity index (χ2v) is 7.27. The van der Waals surface area contributed by atoms with E-state index in [1.165, 1.54) is 0 Å². The number of nitrogens with zero attached hydrogens (tertiary/aromatic N) is 3. The topological polar surface area (TPSA) is 84.8 Å². The summed E-state index contributed by atoms with van der Waals surface area (Å²) in [6, 6.07) is 7.40. The van der Waals surface area contributed by atoms with E-state index in [0.717, 1.165) is 12.1 Å². The first-order valence-electron chi connectivity index (χ1n) is 7.27. The number of pyridine rings is 1. The molecular formula is C15H20N4O2S. The predicted octanol–water partition coefficient (Wildman–Crippen LogP) is 1.95. The van der Waals surface area contributed by atoms with Gasteiger partial charge in [0.1, 0.15) is 11.5 Å². The Bertz CT molecular complexity index is 718. The molecule has 0 atom stereocenters. The number of aryl methyl sites for hydroxylation is 1. The van der Waals surface area contributed by atoms with Crippen LogP contribution < -0.4 is 5.32 Å². The average Bonchev–Trinajstić information content (AvgIpc) is 2.55. The van der Waals surface area contributed by atoms with Crippen LogP contribution in [0.15, 0.2) is 30.5 Å². The van der Waals surface area contributed by atoms with Crippen LogP contribution in [-0.2, 0) is 16.3 Å². The molecule has 0 aliphatic rings. The molecule has 0 saturated heterocycles. The van der Waals surface area contributed by atoms with Crippen molar-refractivity contribution < 1.29 is 8.42 Å². The molecule has 118 valence electrons. The summed E-state index contributed by atoms with van der Waals surface area (Å²) >= 11 is 0. The van der Waals surface area contributed by atoms with E-state index in [0.29, 0.717) is 23.9 Å². The minimum absolute atomic E-state index is 0.0912. The first-order valence-corrected chi connectivity index (χ1v) is 9.10. The number of rotatable bonds is 7. The number of nitrogens with one attached hydrogen (secondary N) is 1. The van der Waals surface area contributed by atoms with E-state index in [1.807, 2.05) is 31.2 Å². The number of sulfone groups is 1. The highest BCUT2D eigenvalue weighted by molar-refractivity contribution is 7.91. The van der Waals surface area contributed by atoms with Crippen molar-refractivity contribution in [2.24, 2.45) is 0 Å². The maximum atomic E-state index is 11.5. The molecule has 0 radical (unpaired) electrons. The fourth-order valence-electron chi connectivity index (χ4n) is 1.86. The highest BCUT2D eigenvalue weighted by Gasteiger charge is 2.09. The van der Waals surface area contributed by atoms with Gasteiger partial charge in [-0.25, -0.2) is 18.4 Å². The number of hydrogen-bond donors (Lipinski definition) is 1. The number of hydrogen-bond acceptors (Lipinski definition) is 6. The Morgan fingerprint density at radius 1 is 1.18 bits per heavy atom. The van der Waals surface area contributed by atoms with Gasteiger partial charge in [0, 0.05) is 30.3 Å².